The summed E-state index contributed by atoms with van der Waals surface area (Å²) in [7, 11) is 0. The molecule has 0 aliphatic carbocycles. The van der Waals surface area contributed by atoms with E-state index < -0.39 is 18.2 Å². The molecule has 2 heterocycles. The minimum atomic E-state index is -0.665. The van der Waals surface area contributed by atoms with Crippen molar-refractivity contribution >= 4 is 5.97 Å². The first-order valence-electron chi connectivity index (χ1n) is 7.19. The molecular weight excluding hydrogens is 282 g/mol. The number of ether oxygens (including phenoxy) is 3. The van der Waals surface area contributed by atoms with E-state index in [1.54, 1.807) is 12.4 Å². The Morgan fingerprint density at radius 2 is 1.82 bits per heavy atom. The molecule has 1 aliphatic heterocycles. The van der Waals surface area contributed by atoms with Crippen molar-refractivity contribution in [2.24, 2.45) is 0 Å². The molecule has 0 bridgehead atoms. The number of carbonyl (C=O) groups excluding carboxylic acids is 1. The van der Waals surface area contributed by atoms with Gasteiger partial charge in [0.15, 0.2) is 12.2 Å². The van der Waals surface area contributed by atoms with E-state index in [-0.39, 0.29) is 6.61 Å². The molecule has 0 radical (unpaired) electrons. The van der Waals surface area contributed by atoms with E-state index in [9.17, 15) is 4.79 Å². The molecule has 114 valence electrons. The highest BCUT2D eigenvalue weighted by atomic mass is 16.6. The highest BCUT2D eigenvalue weighted by molar-refractivity contribution is 5.75. The number of hydrogen-bond acceptors (Lipinski definition) is 5. The summed E-state index contributed by atoms with van der Waals surface area (Å²) in [5.41, 5.74) is 1.77. The van der Waals surface area contributed by atoms with E-state index in [4.69, 9.17) is 14.2 Å². The molecule has 1 aromatic heterocycles. The smallest absolute Gasteiger partial charge is 0.338 e. The maximum Gasteiger partial charge on any atom is 0.338 e. The van der Waals surface area contributed by atoms with Crippen LogP contribution in [0, 0.1) is 0 Å². The first-order chi connectivity index (χ1) is 10.8. The molecule has 22 heavy (non-hydrogen) atoms. The Morgan fingerprint density at radius 1 is 1.09 bits per heavy atom. The van der Waals surface area contributed by atoms with Gasteiger partial charge in [0, 0.05) is 18.0 Å². The SMILES string of the molecule is O=C(O[C@H](c1ccccc1)c1ccncc1)[C@@H]1COCCO1. The minimum Gasteiger partial charge on any atom is -0.451 e. The summed E-state index contributed by atoms with van der Waals surface area (Å²) < 4.78 is 16.4. The highest BCUT2D eigenvalue weighted by Gasteiger charge is 2.28. The van der Waals surface area contributed by atoms with Crippen LogP contribution >= 0.6 is 0 Å². The zero-order valence-corrected chi connectivity index (χ0v) is 12.1. The van der Waals surface area contributed by atoms with Crippen LogP contribution in [-0.4, -0.2) is 36.9 Å². The molecule has 0 spiro atoms. The van der Waals surface area contributed by atoms with Crippen molar-refractivity contribution < 1.29 is 19.0 Å². The van der Waals surface area contributed by atoms with Crippen molar-refractivity contribution in [1.82, 2.24) is 4.98 Å². The van der Waals surface area contributed by atoms with Gasteiger partial charge in [0.25, 0.3) is 0 Å². The first kappa shape index (κ1) is 14.7. The Labute approximate surface area is 128 Å². The maximum absolute atomic E-state index is 12.3. The fourth-order valence-corrected chi connectivity index (χ4v) is 2.31. The quantitative estimate of drug-likeness (QED) is 0.810. The molecule has 0 saturated carbocycles. The molecule has 0 N–H and O–H groups in total. The molecule has 1 aliphatic rings. The van der Waals surface area contributed by atoms with Gasteiger partial charge in [-0.05, 0) is 17.7 Å². The maximum atomic E-state index is 12.3. The van der Waals surface area contributed by atoms with Gasteiger partial charge in [-0.1, -0.05) is 30.3 Å². The zero-order chi connectivity index (χ0) is 15.2. The minimum absolute atomic E-state index is 0.233. The Hall–Kier alpha value is -2.24. The second-order valence-corrected chi connectivity index (χ2v) is 4.94. The van der Waals surface area contributed by atoms with Crippen LogP contribution in [0.15, 0.2) is 54.9 Å². The molecule has 0 amide bonds. The van der Waals surface area contributed by atoms with Crippen molar-refractivity contribution in [2.45, 2.75) is 12.2 Å². The summed E-state index contributed by atoms with van der Waals surface area (Å²) in [5.74, 6) is -0.412. The van der Waals surface area contributed by atoms with Crippen molar-refractivity contribution in [3.63, 3.8) is 0 Å². The number of hydrogen-bond donors (Lipinski definition) is 0. The summed E-state index contributed by atoms with van der Waals surface area (Å²) in [6, 6.07) is 13.3. The van der Waals surface area contributed by atoms with E-state index in [1.165, 1.54) is 0 Å². The average molecular weight is 299 g/mol. The van der Waals surface area contributed by atoms with Gasteiger partial charge in [-0.25, -0.2) is 4.79 Å². The van der Waals surface area contributed by atoms with Crippen LogP contribution in [0.2, 0.25) is 0 Å². The number of rotatable bonds is 4. The van der Waals surface area contributed by atoms with Crippen LogP contribution in [-0.2, 0) is 19.0 Å². The lowest BCUT2D eigenvalue weighted by Crippen LogP contribution is -2.37. The van der Waals surface area contributed by atoms with Gasteiger partial charge in [0.2, 0.25) is 0 Å². The van der Waals surface area contributed by atoms with Gasteiger partial charge in [-0.3, -0.25) is 4.98 Å². The number of esters is 1. The van der Waals surface area contributed by atoms with Crippen LogP contribution in [0.1, 0.15) is 17.2 Å². The number of nitrogens with zero attached hydrogens (tertiary/aromatic N) is 1. The number of benzene rings is 1. The van der Waals surface area contributed by atoms with E-state index in [0.717, 1.165) is 11.1 Å². The fraction of sp³-hybridized carbons (Fsp3) is 0.294. The third-order valence-corrected chi connectivity index (χ3v) is 3.42. The second-order valence-electron chi connectivity index (χ2n) is 4.94. The van der Waals surface area contributed by atoms with Gasteiger partial charge < -0.3 is 14.2 Å². The van der Waals surface area contributed by atoms with E-state index in [0.29, 0.717) is 13.2 Å². The van der Waals surface area contributed by atoms with Crippen molar-refractivity contribution in [2.75, 3.05) is 19.8 Å². The summed E-state index contributed by atoms with van der Waals surface area (Å²) >= 11 is 0. The van der Waals surface area contributed by atoms with Gasteiger partial charge in [-0.15, -0.1) is 0 Å². The van der Waals surface area contributed by atoms with E-state index in [1.807, 2.05) is 42.5 Å². The predicted octanol–water partition coefficient (Wildman–Crippen LogP) is 2.13. The summed E-state index contributed by atoms with van der Waals surface area (Å²) in [6.07, 6.45) is 2.21. The molecule has 1 aromatic carbocycles. The summed E-state index contributed by atoms with van der Waals surface area (Å²) in [6.45, 7) is 1.15. The molecule has 1 fully saturated rings. The Kier molecular flexibility index (Phi) is 4.78. The third-order valence-electron chi connectivity index (χ3n) is 3.42. The largest absolute Gasteiger partial charge is 0.451 e. The normalized spacial score (nSPS) is 19.4. The van der Waals surface area contributed by atoms with Gasteiger partial charge in [0.1, 0.15) is 0 Å². The molecule has 3 rings (SSSR count). The number of carbonyl (C=O) groups is 1. The standard InChI is InChI=1S/C17H17NO4/c19-17(15-12-20-10-11-21-15)22-16(13-4-2-1-3-5-13)14-6-8-18-9-7-14/h1-9,15-16H,10-12H2/t15-,16+/m0/s1. The predicted molar refractivity (Wildman–Crippen MR) is 79.2 cm³/mol. The van der Waals surface area contributed by atoms with Crippen LogP contribution in [0.4, 0.5) is 0 Å². The Bertz CT molecular complexity index is 557. The van der Waals surface area contributed by atoms with Crippen molar-refractivity contribution in [1.29, 1.82) is 0 Å². The van der Waals surface area contributed by atoms with Crippen molar-refractivity contribution in [3.05, 3.63) is 66.0 Å². The van der Waals surface area contributed by atoms with Crippen LogP contribution < -0.4 is 0 Å². The zero-order valence-electron chi connectivity index (χ0n) is 12.1. The molecule has 5 nitrogen and oxygen atoms in total. The molecule has 2 aromatic rings. The van der Waals surface area contributed by atoms with Crippen LogP contribution in [0.5, 0.6) is 0 Å². The number of pyridine rings is 1. The van der Waals surface area contributed by atoms with Gasteiger partial charge in [0.05, 0.1) is 19.8 Å². The Morgan fingerprint density at radius 3 is 2.50 bits per heavy atom. The topological polar surface area (TPSA) is 57.7 Å². The van der Waals surface area contributed by atoms with Crippen molar-refractivity contribution in [3.8, 4) is 0 Å². The fourth-order valence-electron chi connectivity index (χ4n) is 2.31. The highest BCUT2D eigenvalue weighted by Crippen LogP contribution is 2.26. The third kappa shape index (κ3) is 3.50. The number of aromatic nitrogens is 1. The van der Waals surface area contributed by atoms with E-state index >= 15 is 0 Å². The molecule has 5 heteroatoms. The van der Waals surface area contributed by atoms with Crippen LogP contribution in [0.3, 0.4) is 0 Å². The lowest BCUT2D eigenvalue weighted by Gasteiger charge is -2.25. The molecule has 0 unspecified atom stereocenters. The summed E-state index contributed by atoms with van der Waals surface area (Å²) in [5, 5.41) is 0. The van der Waals surface area contributed by atoms with E-state index in [2.05, 4.69) is 4.98 Å². The molecule has 1 saturated heterocycles. The van der Waals surface area contributed by atoms with Gasteiger partial charge >= 0.3 is 5.97 Å². The molecular formula is C17H17NO4. The first-order valence-corrected chi connectivity index (χ1v) is 7.19. The monoisotopic (exact) mass is 299 g/mol. The summed E-state index contributed by atoms with van der Waals surface area (Å²) in [4.78, 5) is 16.3. The lowest BCUT2D eigenvalue weighted by atomic mass is 10.0. The Balaban J connectivity index is 1.81. The molecule has 2 atom stereocenters. The second kappa shape index (κ2) is 7.15. The van der Waals surface area contributed by atoms with Crippen LogP contribution in [0.25, 0.3) is 0 Å². The van der Waals surface area contributed by atoms with Gasteiger partial charge in [-0.2, -0.15) is 0 Å². The average Bonchev–Trinajstić information content (AvgIpc) is 2.62. The lowest BCUT2D eigenvalue weighted by molar-refractivity contribution is -0.174.